The zero-order valence-electron chi connectivity index (χ0n) is 20.8. The lowest BCUT2D eigenvalue weighted by atomic mass is 9.70. The van der Waals surface area contributed by atoms with Crippen LogP contribution in [0.15, 0.2) is 85.1 Å². The van der Waals surface area contributed by atoms with Crippen molar-refractivity contribution in [1.29, 1.82) is 0 Å². The van der Waals surface area contributed by atoms with Crippen molar-refractivity contribution in [2.45, 2.75) is 24.5 Å². The van der Waals surface area contributed by atoms with Crippen LogP contribution in [0.5, 0.6) is 5.75 Å². The van der Waals surface area contributed by atoms with Crippen molar-refractivity contribution in [3.8, 4) is 5.75 Å². The molecule has 1 aliphatic carbocycles. The van der Waals surface area contributed by atoms with E-state index in [-0.39, 0.29) is 12.5 Å². The molecule has 0 amide bonds. The lowest BCUT2D eigenvalue weighted by Gasteiger charge is -2.43. The van der Waals surface area contributed by atoms with Crippen LogP contribution in [0.25, 0.3) is 23.1 Å². The summed E-state index contributed by atoms with van der Waals surface area (Å²) in [5.41, 5.74) is 3.93. The molecule has 1 aromatic heterocycles. The Morgan fingerprint density at radius 1 is 0.865 bits per heavy atom. The summed E-state index contributed by atoms with van der Waals surface area (Å²) in [5.74, 6) is 0.826. The summed E-state index contributed by atoms with van der Waals surface area (Å²) in [5, 5.41) is 24.1. The van der Waals surface area contributed by atoms with E-state index in [1.54, 1.807) is 6.20 Å². The zero-order chi connectivity index (χ0) is 25.2. The van der Waals surface area contributed by atoms with Gasteiger partial charge in [-0.15, -0.1) is 0 Å². The molecule has 0 bridgehead atoms. The summed E-state index contributed by atoms with van der Waals surface area (Å²) in [6.45, 7) is 2.41. The van der Waals surface area contributed by atoms with Crippen LogP contribution in [-0.4, -0.2) is 52.4 Å². The lowest BCUT2D eigenvalue weighted by molar-refractivity contribution is -0.0223. The van der Waals surface area contributed by atoms with Crippen LogP contribution < -0.4 is 4.74 Å². The molecule has 1 atom stereocenters. The number of rotatable bonds is 6. The quantitative estimate of drug-likeness (QED) is 0.392. The van der Waals surface area contributed by atoms with Crippen LogP contribution in [0.3, 0.4) is 0 Å². The first-order valence-electron chi connectivity index (χ1n) is 13.1. The number of nitrogens with zero attached hydrogens (tertiary/aromatic N) is 2. The minimum absolute atomic E-state index is 0.0857. The molecule has 37 heavy (non-hydrogen) atoms. The van der Waals surface area contributed by atoms with Crippen molar-refractivity contribution in [3.05, 3.63) is 107 Å². The average molecular weight is 493 g/mol. The third-order valence-corrected chi connectivity index (χ3v) is 7.87. The SMILES string of the molecule is OC(COc1cccc2ncccc12)CN1CCC(C2(O)c3ccccc3C=Cc3ccccc32)CC1. The Balaban J connectivity index is 1.13. The van der Waals surface area contributed by atoms with Gasteiger partial charge in [-0.25, -0.2) is 0 Å². The van der Waals surface area contributed by atoms with E-state index in [2.05, 4.69) is 46.3 Å². The maximum absolute atomic E-state index is 12.4. The summed E-state index contributed by atoms with van der Waals surface area (Å²) >= 11 is 0. The molecule has 4 aromatic rings. The third kappa shape index (κ3) is 4.55. The molecule has 2 N–H and O–H groups in total. The lowest BCUT2D eigenvalue weighted by Crippen LogP contribution is -2.47. The average Bonchev–Trinajstić information content (AvgIpc) is 3.07. The van der Waals surface area contributed by atoms with Crippen LogP contribution in [0.2, 0.25) is 0 Å². The number of pyridine rings is 1. The van der Waals surface area contributed by atoms with Crippen molar-refractivity contribution < 1.29 is 14.9 Å². The Hall–Kier alpha value is -3.51. The maximum atomic E-state index is 12.4. The number of benzene rings is 3. The Morgan fingerprint density at radius 2 is 1.54 bits per heavy atom. The van der Waals surface area contributed by atoms with Crippen molar-refractivity contribution in [3.63, 3.8) is 0 Å². The normalized spacial score (nSPS) is 18.1. The summed E-state index contributed by atoms with van der Waals surface area (Å²) in [6, 6.07) is 26.1. The summed E-state index contributed by atoms with van der Waals surface area (Å²) < 4.78 is 5.98. The third-order valence-electron chi connectivity index (χ3n) is 7.87. The van der Waals surface area contributed by atoms with Crippen molar-refractivity contribution in [2.24, 2.45) is 5.92 Å². The molecule has 6 rings (SSSR count). The molecule has 1 saturated heterocycles. The maximum Gasteiger partial charge on any atom is 0.128 e. The highest BCUT2D eigenvalue weighted by atomic mass is 16.5. The monoisotopic (exact) mass is 492 g/mol. The highest BCUT2D eigenvalue weighted by Crippen LogP contribution is 2.46. The molecule has 5 heteroatoms. The summed E-state index contributed by atoms with van der Waals surface area (Å²) in [4.78, 5) is 6.66. The molecule has 188 valence electrons. The van der Waals surface area contributed by atoms with E-state index in [4.69, 9.17) is 4.74 Å². The van der Waals surface area contributed by atoms with Gasteiger partial charge in [0.2, 0.25) is 0 Å². The van der Waals surface area contributed by atoms with Crippen molar-refractivity contribution in [2.75, 3.05) is 26.2 Å². The predicted octanol–water partition coefficient (Wildman–Crippen LogP) is 5.11. The van der Waals surface area contributed by atoms with Gasteiger partial charge in [0.1, 0.15) is 24.1 Å². The minimum Gasteiger partial charge on any atom is -0.490 e. The number of fused-ring (bicyclic) bond motifs is 3. The Kier molecular flexibility index (Phi) is 6.51. The molecule has 0 saturated carbocycles. The number of hydrogen-bond donors (Lipinski definition) is 2. The molecule has 0 radical (unpaired) electrons. The van der Waals surface area contributed by atoms with Crippen molar-refractivity contribution in [1.82, 2.24) is 9.88 Å². The molecule has 3 aromatic carbocycles. The van der Waals surface area contributed by atoms with Gasteiger partial charge in [-0.2, -0.15) is 0 Å². The number of piperidine rings is 1. The predicted molar refractivity (Wildman–Crippen MR) is 147 cm³/mol. The van der Waals surface area contributed by atoms with Gasteiger partial charge in [-0.3, -0.25) is 4.98 Å². The molecule has 1 unspecified atom stereocenters. The fraction of sp³-hybridized carbons (Fsp3) is 0.281. The molecule has 2 heterocycles. The van der Waals surface area contributed by atoms with Crippen LogP contribution in [-0.2, 0) is 5.60 Å². The van der Waals surface area contributed by atoms with Gasteiger partial charge in [0.25, 0.3) is 0 Å². The van der Waals surface area contributed by atoms with E-state index < -0.39 is 11.7 Å². The molecular formula is C32H32N2O3. The van der Waals surface area contributed by atoms with E-state index >= 15 is 0 Å². The summed E-state index contributed by atoms with van der Waals surface area (Å²) in [7, 11) is 0. The van der Waals surface area contributed by atoms with Gasteiger partial charge < -0.3 is 19.8 Å². The topological polar surface area (TPSA) is 65.8 Å². The Morgan fingerprint density at radius 3 is 2.24 bits per heavy atom. The smallest absolute Gasteiger partial charge is 0.128 e. The number of hydrogen-bond acceptors (Lipinski definition) is 5. The van der Waals surface area contributed by atoms with E-state index in [9.17, 15) is 10.2 Å². The van der Waals surface area contributed by atoms with Crippen LogP contribution >= 0.6 is 0 Å². The molecule has 5 nitrogen and oxygen atoms in total. The van der Waals surface area contributed by atoms with E-state index in [0.29, 0.717) is 6.54 Å². The molecule has 1 fully saturated rings. The highest BCUT2D eigenvalue weighted by molar-refractivity contribution is 5.84. The van der Waals surface area contributed by atoms with E-state index in [1.807, 2.05) is 54.6 Å². The Labute approximate surface area is 217 Å². The minimum atomic E-state index is -1.05. The number of ether oxygens (including phenoxy) is 1. The number of β-amino-alcohol motifs (C(OH)–C–C–N with tert-alkyl or cyclic N) is 1. The van der Waals surface area contributed by atoms with Gasteiger partial charge in [-0.1, -0.05) is 66.7 Å². The molecule has 0 spiro atoms. The first-order chi connectivity index (χ1) is 18.1. The second kappa shape index (κ2) is 10.1. The van der Waals surface area contributed by atoms with Crippen LogP contribution in [0, 0.1) is 5.92 Å². The second-order valence-corrected chi connectivity index (χ2v) is 10.1. The van der Waals surface area contributed by atoms with E-state index in [1.165, 1.54) is 0 Å². The summed E-state index contributed by atoms with van der Waals surface area (Å²) in [6.07, 6.45) is 7.09. The first kappa shape index (κ1) is 23.9. The molecular weight excluding hydrogens is 460 g/mol. The zero-order valence-corrected chi connectivity index (χ0v) is 20.8. The number of aromatic nitrogens is 1. The van der Waals surface area contributed by atoms with E-state index in [0.717, 1.165) is 64.8 Å². The Bertz CT molecular complexity index is 1370. The van der Waals surface area contributed by atoms with Gasteiger partial charge in [0, 0.05) is 18.1 Å². The van der Waals surface area contributed by atoms with Crippen LogP contribution in [0.1, 0.15) is 35.1 Å². The number of aliphatic hydroxyl groups excluding tert-OH is 1. The largest absolute Gasteiger partial charge is 0.490 e. The van der Waals surface area contributed by atoms with Gasteiger partial charge in [-0.05, 0) is 78.4 Å². The standard InChI is InChI=1S/C32H32N2O3/c35-26(22-37-31-13-5-12-30-27(31)9-6-18-33-30)21-34-19-16-25(17-20-34)32(36)28-10-3-1-7-23(28)14-15-24-8-2-4-11-29(24)32/h1-15,18,25-26,35-36H,16-17,19-22H2. The van der Waals surface area contributed by atoms with Crippen molar-refractivity contribution >= 4 is 23.1 Å². The molecule has 2 aliphatic rings. The second-order valence-electron chi connectivity index (χ2n) is 10.1. The fourth-order valence-electron chi connectivity index (χ4n) is 6.01. The van der Waals surface area contributed by atoms with Crippen LogP contribution in [0.4, 0.5) is 0 Å². The van der Waals surface area contributed by atoms with Gasteiger partial charge in [0.05, 0.1) is 5.52 Å². The van der Waals surface area contributed by atoms with Gasteiger partial charge >= 0.3 is 0 Å². The number of aliphatic hydroxyl groups is 2. The number of likely N-dealkylation sites (tertiary alicyclic amines) is 1. The fourth-order valence-corrected chi connectivity index (χ4v) is 6.01. The van der Waals surface area contributed by atoms with Gasteiger partial charge in [0.15, 0.2) is 0 Å². The first-order valence-corrected chi connectivity index (χ1v) is 13.1. The molecule has 1 aliphatic heterocycles. The highest BCUT2D eigenvalue weighted by Gasteiger charge is 2.44.